The number of ether oxygens (including phenoxy) is 1. The van der Waals surface area contributed by atoms with Crippen molar-refractivity contribution in [2.45, 2.75) is 47.5 Å². The summed E-state index contributed by atoms with van der Waals surface area (Å²) in [7, 11) is 0. The summed E-state index contributed by atoms with van der Waals surface area (Å²) < 4.78 is 5.37. The maximum Gasteiger partial charge on any atom is 0.251 e. The maximum absolute atomic E-state index is 9.54. The summed E-state index contributed by atoms with van der Waals surface area (Å²) in [6.07, 6.45) is 0.278. The van der Waals surface area contributed by atoms with E-state index in [0.29, 0.717) is 0 Å². The fourth-order valence-corrected chi connectivity index (χ4v) is 1.64. The van der Waals surface area contributed by atoms with Gasteiger partial charge in [0.15, 0.2) is 0 Å². The molecule has 0 aromatic rings. The summed E-state index contributed by atoms with van der Waals surface area (Å²) in [5, 5.41) is 9.54. The molecule has 0 rings (SSSR count). The van der Waals surface area contributed by atoms with Crippen molar-refractivity contribution >= 4 is 6.16 Å². The fraction of sp³-hybridized carbons (Fsp3) is 0.923. The van der Waals surface area contributed by atoms with Gasteiger partial charge in [-0.15, -0.1) is 0 Å². The fourth-order valence-electron chi connectivity index (χ4n) is 1.64. The second-order valence-electron chi connectivity index (χ2n) is 4.06. The van der Waals surface area contributed by atoms with Gasteiger partial charge in [-0.25, -0.2) is 0 Å². The van der Waals surface area contributed by atoms with Crippen LogP contribution in [0.15, 0.2) is 0 Å². The van der Waals surface area contributed by atoms with E-state index in [-0.39, 0.29) is 6.61 Å². The van der Waals surface area contributed by atoms with E-state index in [1.807, 2.05) is 6.92 Å². The predicted molar refractivity (Wildman–Crippen MR) is 68.7 cm³/mol. The Kier molecular flexibility index (Phi) is 12.8. The minimum Gasteiger partial charge on any atom is -0.550 e. The number of rotatable bonds is 7. The van der Waals surface area contributed by atoms with Crippen molar-refractivity contribution in [2.75, 3.05) is 32.8 Å². The van der Waals surface area contributed by atoms with Crippen molar-refractivity contribution in [1.82, 2.24) is 0 Å². The number of hydrogen-bond donors (Lipinski definition) is 0. The monoisotopic (exact) mass is 247 g/mol. The number of carbonyl (C=O) groups is 1. The molecule has 0 fully saturated rings. The summed E-state index contributed by atoms with van der Waals surface area (Å²) in [4.78, 5) is 9.54. The van der Waals surface area contributed by atoms with E-state index >= 15 is 0 Å². The van der Waals surface area contributed by atoms with Crippen LogP contribution in [-0.4, -0.2) is 43.4 Å². The lowest BCUT2D eigenvalue weighted by atomic mass is 10.3. The highest BCUT2D eigenvalue weighted by molar-refractivity contribution is 5.53. The second-order valence-corrected chi connectivity index (χ2v) is 4.06. The van der Waals surface area contributed by atoms with Gasteiger partial charge in [0, 0.05) is 6.61 Å². The van der Waals surface area contributed by atoms with Crippen molar-refractivity contribution in [3.05, 3.63) is 0 Å². The van der Waals surface area contributed by atoms with Crippen LogP contribution in [-0.2, 0) is 4.74 Å². The third-order valence-corrected chi connectivity index (χ3v) is 3.40. The second kappa shape index (κ2) is 11.7. The van der Waals surface area contributed by atoms with Crippen LogP contribution in [0.4, 0.5) is 4.79 Å². The first-order chi connectivity index (χ1) is 8.01. The Hall–Kier alpha value is -0.770. The Balaban J connectivity index is 0. The minimum atomic E-state index is -1.43. The van der Waals surface area contributed by atoms with Crippen molar-refractivity contribution < 1.29 is 19.1 Å². The number of hydrogen-bond acceptors (Lipinski definition) is 3. The molecule has 0 aliphatic heterocycles. The molecule has 0 N–H and O–H groups in total. The van der Waals surface area contributed by atoms with Crippen LogP contribution in [0.25, 0.3) is 0 Å². The Bertz CT molecular complexity index is 162. The van der Waals surface area contributed by atoms with E-state index in [9.17, 15) is 9.90 Å². The lowest BCUT2D eigenvalue weighted by Gasteiger charge is -2.34. The molecule has 0 unspecified atom stereocenters. The molecule has 0 aromatic heterocycles. The van der Waals surface area contributed by atoms with Crippen LogP contribution in [0.3, 0.4) is 0 Å². The van der Waals surface area contributed by atoms with Crippen molar-refractivity contribution in [2.24, 2.45) is 0 Å². The summed E-state index contributed by atoms with van der Waals surface area (Å²) in [6.45, 7) is 16.4. The van der Waals surface area contributed by atoms with E-state index in [1.54, 1.807) is 0 Å². The van der Waals surface area contributed by atoms with Gasteiger partial charge in [0.05, 0.1) is 26.2 Å². The molecule has 0 aliphatic rings. The standard InChI is InChI=1S/C8H20N.C5H10O3/c1-5-9(6-2,7-3)8-4;1-2-3-4-8-5(6)7/h5-8H2,1-4H3;2-4H2,1H3,(H,6,7)/q+1;/p-1. The molecule has 0 atom stereocenters. The number of unbranched alkanes of at least 4 members (excludes halogenated alkanes) is 1. The molecule has 104 valence electrons. The summed E-state index contributed by atoms with van der Waals surface area (Å²) >= 11 is 0. The van der Waals surface area contributed by atoms with Gasteiger partial charge in [0.2, 0.25) is 0 Å². The maximum atomic E-state index is 9.54. The number of nitrogens with zero attached hydrogens (tertiary/aromatic N) is 1. The number of quaternary nitrogens is 1. The van der Waals surface area contributed by atoms with Crippen LogP contribution < -0.4 is 5.11 Å². The lowest BCUT2D eigenvalue weighted by Crippen LogP contribution is -2.47. The average molecular weight is 247 g/mol. The third kappa shape index (κ3) is 10.1. The summed E-state index contributed by atoms with van der Waals surface area (Å²) in [5.74, 6) is 0. The normalized spacial score (nSPS) is 10.4. The van der Waals surface area contributed by atoms with Gasteiger partial charge < -0.3 is 19.1 Å². The zero-order chi connectivity index (χ0) is 13.7. The quantitative estimate of drug-likeness (QED) is 0.393. The summed E-state index contributed by atoms with van der Waals surface area (Å²) in [6, 6.07) is 0. The molecule has 4 heteroatoms. The molecule has 17 heavy (non-hydrogen) atoms. The van der Waals surface area contributed by atoms with Gasteiger partial charge in [-0.3, -0.25) is 0 Å². The SMILES string of the molecule is CCCCOC(=O)[O-].CC[N+](CC)(CC)CC. The van der Waals surface area contributed by atoms with E-state index in [1.165, 1.54) is 30.7 Å². The van der Waals surface area contributed by atoms with Crippen LogP contribution in [0, 0.1) is 0 Å². The molecule has 0 heterocycles. The number of carbonyl (C=O) groups excluding carboxylic acids is 1. The average Bonchev–Trinajstić information content (AvgIpc) is 2.34. The van der Waals surface area contributed by atoms with Gasteiger partial charge in [0.1, 0.15) is 0 Å². The molecule has 0 spiro atoms. The van der Waals surface area contributed by atoms with E-state index in [2.05, 4.69) is 32.4 Å². The molecule has 0 amide bonds. The van der Waals surface area contributed by atoms with E-state index in [4.69, 9.17) is 0 Å². The molecule has 0 aliphatic carbocycles. The van der Waals surface area contributed by atoms with Crippen LogP contribution in [0.5, 0.6) is 0 Å². The molecule has 0 saturated heterocycles. The zero-order valence-corrected chi connectivity index (χ0v) is 12.1. The Morgan fingerprint density at radius 2 is 1.41 bits per heavy atom. The van der Waals surface area contributed by atoms with Gasteiger partial charge in [-0.05, 0) is 34.1 Å². The molecule has 0 radical (unpaired) electrons. The van der Waals surface area contributed by atoms with Crippen LogP contribution >= 0.6 is 0 Å². The first kappa shape index (κ1) is 18.6. The predicted octanol–water partition coefficient (Wildman–Crippen LogP) is 2.03. The zero-order valence-electron chi connectivity index (χ0n) is 12.1. The number of carboxylic acid groups (broad SMARTS) is 1. The highest BCUT2D eigenvalue weighted by atomic mass is 16.7. The van der Waals surface area contributed by atoms with E-state index in [0.717, 1.165) is 12.8 Å². The lowest BCUT2D eigenvalue weighted by molar-refractivity contribution is -0.921. The van der Waals surface area contributed by atoms with E-state index < -0.39 is 6.16 Å². The molecule has 0 saturated carbocycles. The van der Waals surface area contributed by atoms with Crippen LogP contribution in [0.1, 0.15) is 47.5 Å². The third-order valence-electron chi connectivity index (χ3n) is 3.40. The minimum absolute atomic E-state index is 0.263. The van der Waals surface area contributed by atoms with Gasteiger partial charge in [-0.1, -0.05) is 13.3 Å². The highest BCUT2D eigenvalue weighted by Crippen LogP contribution is 2.03. The van der Waals surface area contributed by atoms with Crippen molar-refractivity contribution in [3.8, 4) is 0 Å². The van der Waals surface area contributed by atoms with Gasteiger partial charge >= 0.3 is 0 Å². The topological polar surface area (TPSA) is 49.4 Å². The first-order valence-corrected chi connectivity index (χ1v) is 6.70. The Morgan fingerprint density at radius 3 is 1.59 bits per heavy atom. The smallest absolute Gasteiger partial charge is 0.251 e. The molecular formula is C13H29NO3. The highest BCUT2D eigenvalue weighted by Gasteiger charge is 2.16. The molecule has 4 nitrogen and oxygen atoms in total. The van der Waals surface area contributed by atoms with Crippen LogP contribution in [0.2, 0.25) is 0 Å². The van der Waals surface area contributed by atoms with Gasteiger partial charge in [0.25, 0.3) is 6.16 Å². The molecular weight excluding hydrogens is 218 g/mol. The summed E-state index contributed by atoms with van der Waals surface area (Å²) in [5.41, 5.74) is 0. The van der Waals surface area contributed by atoms with Crippen molar-refractivity contribution in [1.29, 1.82) is 0 Å². The molecule has 0 bridgehead atoms. The Labute approximate surface area is 106 Å². The van der Waals surface area contributed by atoms with Crippen molar-refractivity contribution in [3.63, 3.8) is 0 Å². The molecule has 0 aromatic carbocycles. The van der Waals surface area contributed by atoms with Gasteiger partial charge in [-0.2, -0.15) is 0 Å². The Morgan fingerprint density at radius 1 is 1.00 bits per heavy atom. The largest absolute Gasteiger partial charge is 0.550 e. The first-order valence-electron chi connectivity index (χ1n) is 6.70.